The van der Waals surface area contributed by atoms with Crippen LogP contribution in [0.15, 0.2) is 48.6 Å². The topological polar surface area (TPSA) is 155 Å². The van der Waals surface area contributed by atoms with Crippen LogP contribution in [0.1, 0.15) is 278 Å². The molecule has 72 heavy (non-hydrogen) atoms. The minimum absolute atomic E-state index is 0.162. The molecule has 0 rings (SSSR count). The first-order valence-corrected chi connectivity index (χ1v) is 31.0. The number of aliphatic hydroxyl groups excluding tert-OH is 1. The van der Waals surface area contributed by atoms with E-state index < -0.39 is 57.8 Å². The molecular weight excluding hydrogens is 928 g/mol. The predicted molar refractivity (Wildman–Crippen MR) is 298 cm³/mol. The zero-order valence-corrected chi connectivity index (χ0v) is 47.3. The van der Waals surface area contributed by atoms with E-state index in [4.69, 9.17) is 23.3 Å². The van der Waals surface area contributed by atoms with Crippen molar-refractivity contribution in [1.29, 1.82) is 0 Å². The maximum Gasteiger partial charge on any atom is 0.472 e. The molecule has 11 nitrogen and oxygen atoms in total. The molecule has 0 aliphatic rings. The summed E-state index contributed by atoms with van der Waals surface area (Å²) in [7, 11) is -4.75. The Kier molecular flexibility index (Phi) is 52.7. The van der Waals surface area contributed by atoms with Crippen LogP contribution in [0.2, 0.25) is 0 Å². The van der Waals surface area contributed by atoms with Crippen LogP contribution < -0.4 is 0 Å². The van der Waals surface area contributed by atoms with Gasteiger partial charge in [-0.05, 0) is 77.0 Å². The van der Waals surface area contributed by atoms with Crippen molar-refractivity contribution >= 4 is 25.7 Å². The summed E-state index contributed by atoms with van der Waals surface area (Å²) in [4.78, 5) is 48.5. The van der Waals surface area contributed by atoms with Crippen molar-refractivity contribution in [2.45, 2.75) is 290 Å². The van der Waals surface area contributed by atoms with Crippen molar-refractivity contribution < 1.29 is 52.2 Å². The van der Waals surface area contributed by atoms with Gasteiger partial charge in [0.05, 0.1) is 19.8 Å². The van der Waals surface area contributed by atoms with Crippen molar-refractivity contribution in [2.24, 2.45) is 0 Å². The van der Waals surface area contributed by atoms with Gasteiger partial charge < -0.3 is 24.2 Å². The number of rotatable bonds is 55. The summed E-state index contributed by atoms with van der Waals surface area (Å²) in [6.45, 7) is 4.57. The Labute approximate surface area is 441 Å². The molecular formula is C60H109O11P. The second-order valence-electron chi connectivity index (χ2n) is 19.8. The highest BCUT2D eigenvalue weighted by atomic mass is 31.2. The van der Waals surface area contributed by atoms with Crippen molar-refractivity contribution in [1.82, 2.24) is 0 Å². The number of phosphoric acid groups is 1. The van der Waals surface area contributed by atoms with Crippen molar-refractivity contribution in [3.05, 3.63) is 48.6 Å². The summed E-state index contributed by atoms with van der Waals surface area (Å²) < 4.78 is 39.5. The number of hydrogen-bond acceptors (Lipinski definition) is 10. The molecule has 0 saturated carbocycles. The quantitative estimate of drug-likeness (QED) is 0.0197. The van der Waals surface area contributed by atoms with Crippen LogP contribution in [0.5, 0.6) is 0 Å². The van der Waals surface area contributed by atoms with Crippen LogP contribution >= 0.6 is 7.82 Å². The van der Waals surface area contributed by atoms with Gasteiger partial charge in [0.1, 0.15) is 12.7 Å². The fourth-order valence-corrected chi connectivity index (χ4v) is 8.97. The number of hydrogen-bond donors (Lipinski definition) is 2. The lowest BCUT2D eigenvalue weighted by molar-refractivity contribution is -0.161. The molecule has 420 valence electrons. The summed E-state index contributed by atoms with van der Waals surface area (Å²) in [5, 5.41) is 9.80. The van der Waals surface area contributed by atoms with E-state index in [9.17, 15) is 28.9 Å². The SMILES string of the molecule is CCC/C=C\C/C=C\CCCCCCCC(=O)OC(CO)COP(=O)(O)OCC(COC(=O)CCCCCCCCC/C=C\C/C=C\CCCCC)OC(=O)CCCCCCCCCCCCCCCCC. The average molecular weight is 1040 g/mol. The van der Waals surface area contributed by atoms with Crippen LogP contribution in [0.3, 0.4) is 0 Å². The summed E-state index contributed by atoms with van der Waals surface area (Å²) in [6.07, 6.45) is 57.7. The average Bonchev–Trinajstić information content (AvgIpc) is 3.37. The molecule has 0 radical (unpaired) electrons. The highest BCUT2D eigenvalue weighted by Crippen LogP contribution is 2.43. The lowest BCUT2D eigenvalue weighted by Gasteiger charge is -2.21. The van der Waals surface area contributed by atoms with E-state index >= 15 is 0 Å². The summed E-state index contributed by atoms with van der Waals surface area (Å²) in [6, 6.07) is 0. The Morgan fingerprint density at radius 3 is 1.11 bits per heavy atom. The largest absolute Gasteiger partial charge is 0.472 e. The van der Waals surface area contributed by atoms with Crippen LogP contribution in [-0.4, -0.2) is 66.5 Å². The van der Waals surface area contributed by atoms with Gasteiger partial charge in [0.25, 0.3) is 0 Å². The van der Waals surface area contributed by atoms with E-state index in [-0.39, 0.29) is 25.9 Å². The number of unbranched alkanes of at least 4 members (excludes halogenated alkanes) is 30. The minimum atomic E-state index is -4.75. The van der Waals surface area contributed by atoms with E-state index in [1.54, 1.807) is 0 Å². The Balaban J connectivity index is 4.72. The van der Waals surface area contributed by atoms with Crippen molar-refractivity contribution in [3.63, 3.8) is 0 Å². The van der Waals surface area contributed by atoms with E-state index in [0.29, 0.717) is 19.3 Å². The number of aliphatic hydroxyl groups is 1. The summed E-state index contributed by atoms with van der Waals surface area (Å²) in [5.74, 6) is -1.47. The standard InChI is InChI=1S/C60H109O11P/c1-4-7-10-13-16-19-22-25-27-28-30-32-34-37-40-43-46-49-58(62)67-53-57(71-60(64)51-48-45-42-39-36-33-29-26-23-20-17-14-11-8-5-2)55-69-72(65,66)68-54-56(52-61)70-59(63)50-47-44-41-38-35-31-24-21-18-15-12-9-6-3/h12,15-16,19,21,24-25,27,56-57,61H,4-11,13-14,17-18,20,22-23,26,28-55H2,1-3H3,(H,65,66)/b15-12-,19-16-,24-21-,27-25-. The first-order valence-electron chi connectivity index (χ1n) is 29.5. The summed E-state index contributed by atoms with van der Waals surface area (Å²) >= 11 is 0. The molecule has 3 atom stereocenters. The molecule has 0 aliphatic heterocycles. The molecule has 0 fully saturated rings. The molecule has 0 bridgehead atoms. The van der Waals surface area contributed by atoms with Gasteiger partial charge in [0.15, 0.2) is 6.10 Å². The van der Waals surface area contributed by atoms with E-state index in [0.717, 1.165) is 96.3 Å². The van der Waals surface area contributed by atoms with Gasteiger partial charge in [-0.25, -0.2) is 4.57 Å². The van der Waals surface area contributed by atoms with Gasteiger partial charge in [-0.1, -0.05) is 230 Å². The molecule has 0 saturated heterocycles. The number of esters is 3. The number of phosphoric ester groups is 1. The second-order valence-corrected chi connectivity index (χ2v) is 21.3. The minimum Gasteiger partial charge on any atom is -0.462 e. The monoisotopic (exact) mass is 1040 g/mol. The zero-order valence-electron chi connectivity index (χ0n) is 46.4. The fraction of sp³-hybridized carbons (Fsp3) is 0.817. The zero-order chi connectivity index (χ0) is 52.7. The fourth-order valence-electron chi connectivity index (χ4n) is 8.19. The number of allylic oxidation sites excluding steroid dienone is 8. The number of carbonyl (C=O) groups is 3. The maximum absolute atomic E-state index is 12.9. The Bertz CT molecular complexity index is 1400. The van der Waals surface area contributed by atoms with Crippen LogP contribution in [0.25, 0.3) is 0 Å². The lowest BCUT2D eigenvalue weighted by atomic mass is 10.0. The Morgan fingerprint density at radius 1 is 0.389 bits per heavy atom. The van der Waals surface area contributed by atoms with E-state index in [1.807, 2.05) is 0 Å². The van der Waals surface area contributed by atoms with Gasteiger partial charge in [0, 0.05) is 19.3 Å². The molecule has 3 unspecified atom stereocenters. The van der Waals surface area contributed by atoms with Crippen molar-refractivity contribution in [3.8, 4) is 0 Å². The number of carbonyl (C=O) groups excluding carboxylic acids is 3. The van der Waals surface area contributed by atoms with Gasteiger partial charge in [-0.2, -0.15) is 0 Å². The molecule has 0 aromatic rings. The second kappa shape index (κ2) is 54.7. The molecule has 0 aromatic carbocycles. The van der Waals surface area contributed by atoms with Crippen LogP contribution in [0, 0.1) is 0 Å². The van der Waals surface area contributed by atoms with Gasteiger partial charge >= 0.3 is 25.7 Å². The smallest absolute Gasteiger partial charge is 0.462 e. The van der Waals surface area contributed by atoms with Gasteiger partial charge in [0.2, 0.25) is 0 Å². The third-order valence-corrected chi connectivity index (χ3v) is 13.7. The third kappa shape index (κ3) is 52.3. The molecule has 12 heteroatoms. The maximum atomic E-state index is 12.9. The first-order chi connectivity index (χ1) is 35.2. The molecule has 0 spiro atoms. The van der Waals surface area contributed by atoms with E-state index in [1.165, 1.54) is 122 Å². The molecule has 2 N–H and O–H groups in total. The first kappa shape index (κ1) is 69.4. The van der Waals surface area contributed by atoms with Gasteiger partial charge in [-0.15, -0.1) is 0 Å². The van der Waals surface area contributed by atoms with Crippen LogP contribution in [-0.2, 0) is 42.2 Å². The Morgan fingerprint density at radius 2 is 0.708 bits per heavy atom. The van der Waals surface area contributed by atoms with E-state index in [2.05, 4.69) is 69.4 Å². The molecule has 0 amide bonds. The molecule has 0 aliphatic carbocycles. The third-order valence-electron chi connectivity index (χ3n) is 12.7. The molecule has 0 aromatic heterocycles. The summed E-state index contributed by atoms with van der Waals surface area (Å²) in [5.41, 5.74) is 0. The highest BCUT2D eigenvalue weighted by molar-refractivity contribution is 7.47. The van der Waals surface area contributed by atoms with Crippen molar-refractivity contribution in [2.75, 3.05) is 26.4 Å². The van der Waals surface area contributed by atoms with Crippen LogP contribution in [0.4, 0.5) is 0 Å². The predicted octanol–water partition coefficient (Wildman–Crippen LogP) is 17.4. The van der Waals surface area contributed by atoms with Gasteiger partial charge in [-0.3, -0.25) is 23.4 Å². The number of ether oxygens (including phenoxy) is 3. The normalized spacial score (nSPS) is 13.7. The molecule has 0 heterocycles. The Hall–Kier alpha value is -2.56. The lowest BCUT2D eigenvalue weighted by Crippen LogP contribution is -2.30. The highest BCUT2D eigenvalue weighted by Gasteiger charge is 2.28.